The number of halogens is 1. The van der Waals surface area contributed by atoms with Crippen LogP contribution in [0.25, 0.3) is 0 Å². The third-order valence-corrected chi connectivity index (χ3v) is 4.43. The van der Waals surface area contributed by atoms with Crippen molar-refractivity contribution in [3.63, 3.8) is 0 Å². The molecule has 0 radical (unpaired) electrons. The van der Waals surface area contributed by atoms with E-state index >= 15 is 0 Å². The second kappa shape index (κ2) is 5.34. The molecule has 1 saturated carbocycles. The maximum Gasteiger partial charge on any atom is 0.136 e. The van der Waals surface area contributed by atoms with Gasteiger partial charge in [-0.15, -0.1) is 0 Å². The molecule has 1 aliphatic carbocycles. The molecule has 0 spiro atoms. The van der Waals surface area contributed by atoms with Gasteiger partial charge in [0.1, 0.15) is 5.78 Å². The Balaban J connectivity index is 2.36. The van der Waals surface area contributed by atoms with Gasteiger partial charge in [-0.3, -0.25) is 4.79 Å². The Hall–Kier alpha value is -0.630. The SMILES string of the molecule is Cc1ccc(Br)cc1C1CCCCC(=O)C1C. The summed E-state index contributed by atoms with van der Waals surface area (Å²) in [6.07, 6.45) is 4.15. The number of ketones is 1. The average Bonchev–Trinajstić information content (AvgIpc) is 2.46. The van der Waals surface area contributed by atoms with E-state index < -0.39 is 0 Å². The van der Waals surface area contributed by atoms with Gasteiger partial charge in [-0.05, 0) is 48.9 Å². The second-order valence-corrected chi connectivity index (χ2v) is 6.02. The summed E-state index contributed by atoms with van der Waals surface area (Å²) in [6.45, 7) is 4.24. The molecular formula is C15H19BrO. The lowest BCUT2D eigenvalue weighted by Gasteiger charge is -2.23. The summed E-state index contributed by atoms with van der Waals surface area (Å²) in [7, 11) is 0. The van der Waals surface area contributed by atoms with Crippen molar-refractivity contribution >= 4 is 21.7 Å². The fraction of sp³-hybridized carbons (Fsp3) is 0.533. The lowest BCUT2D eigenvalue weighted by atomic mass is 9.81. The summed E-state index contributed by atoms with van der Waals surface area (Å²) in [4.78, 5) is 12.0. The number of aryl methyl sites for hydroxylation is 1. The predicted molar refractivity (Wildman–Crippen MR) is 74.3 cm³/mol. The minimum Gasteiger partial charge on any atom is -0.299 e. The number of Topliss-reactive ketones (excluding diaryl/α,β-unsaturated/α-hetero) is 1. The zero-order chi connectivity index (χ0) is 12.4. The van der Waals surface area contributed by atoms with Crippen LogP contribution < -0.4 is 0 Å². The van der Waals surface area contributed by atoms with E-state index in [1.807, 2.05) is 0 Å². The highest BCUT2D eigenvalue weighted by molar-refractivity contribution is 9.10. The van der Waals surface area contributed by atoms with E-state index in [-0.39, 0.29) is 5.92 Å². The molecule has 0 amide bonds. The van der Waals surface area contributed by atoms with Gasteiger partial charge in [-0.25, -0.2) is 0 Å². The lowest BCUT2D eigenvalue weighted by Crippen LogP contribution is -2.17. The highest BCUT2D eigenvalue weighted by atomic mass is 79.9. The first kappa shape index (κ1) is 12.8. The molecular weight excluding hydrogens is 276 g/mol. The first-order valence-corrected chi connectivity index (χ1v) is 7.17. The Kier molecular flexibility index (Phi) is 4.03. The Labute approximate surface area is 112 Å². The van der Waals surface area contributed by atoms with E-state index in [1.54, 1.807) is 0 Å². The fourth-order valence-corrected chi connectivity index (χ4v) is 3.18. The van der Waals surface area contributed by atoms with Crippen LogP contribution in [0.2, 0.25) is 0 Å². The number of carbonyl (C=O) groups is 1. The largest absolute Gasteiger partial charge is 0.299 e. The number of rotatable bonds is 1. The van der Waals surface area contributed by atoms with E-state index in [1.165, 1.54) is 17.5 Å². The minimum absolute atomic E-state index is 0.172. The van der Waals surface area contributed by atoms with Crippen LogP contribution in [0.1, 0.15) is 49.7 Å². The molecule has 0 aliphatic heterocycles. The smallest absolute Gasteiger partial charge is 0.136 e. The van der Waals surface area contributed by atoms with E-state index in [4.69, 9.17) is 0 Å². The van der Waals surface area contributed by atoms with Crippen LogP contribution in [0.15, 0.2) is 22.7 Å². The van der Waals surface area contributed by atoms with Gasteiger partial charge in [0, 0.05) is 16.8 Å². The molecule has 0 N–H and O–H groups in total. The molecule has 17 heavy (non-hydrogen) atoms. The van der Waals surface area contributed by atoms with E-state index in [2.05, 4.69) is 48.0 Å². The molecule has 2 rings (SSSR count). The summed E-state index contributed by atoms with van der Waals surface area (Å²) >= 11 is 3.53. The number of hydrogen-bond acceptors (Lipinski definition) is 1. The maximum atomic E-state index is 12.0. The Morgan fingerprint density at radius 2 is 2.06 bits per heavy atom. The van der Waals surface area contributed by atoms with Crippen LogP contribution in [0, 0.1) is 12.8 Å². The quantitative estimate of drug-likeness (QED) is 0.691. The molecule has 1 aliphatic rings. The van der Waals surface area contributed by atoms with Gasteiger partial charge in [0.25, 0.3) is 0 Å². The van der Waals surface area contributed by atoms with Crippen molar-refractivity contribution in [3.8, 4) is 0 Å². The van der Waals surface area contributed by atoms with Gasteiger partial charge in [0.15, 0.2) is 0 Å². The van der Waals surface area contributed by atoms with Crippen molar-refractivity contribution in [1.82, 2.24) is 0 Å². The van der Waals surface area contributed by atoms with Gasteiger partial charge < -0.3 is 0 Å². The Bertz CT molecular complexity index is 425. The first-order chi connectivity index (χ1) is 8.09. The highest BCUT2D eigenvalue weighted by Gasteiger charge is 2.28. The fourth-order valence-electron chi connectivity index (χ4n) is 2.80. The topological polar surface area (TPSA) is 17.1 Å². The average molecular weight is 295 g/mol. The van der Waals surface area contributed by atoms with Crippen molar-refractivity contribution in [2.24, 2.45) is 5.92 Å². The zero-order valence-electron chi connectivity index (χ0n) is 10.5. The summed E-state index contributed by atoms with van der Waals surface area (Å²) in [5, 5.41) is 0. The molecule has 0 saturated heterocycles. The number of hydrogen-bond donors (Lipinski definition) is 0. The molecule has 1 fully saturated rings. The van der Waals surface area contributed by atoms with Gasteiger partial charge in [-0.1, -0.05) is 35.3 Å². The van der Waals surface area contributed by atoms with Crippen LogP contribution in [-0.4, -0.2) is 5.78 Å². The summed E-state index contributed by atoms with van der Waals surface area (Å²) in [6, 6.07) is 6.40. The van der Waals surface area contributed by atoms with Crippen molar-refractivity contribution < 1.29 is 4.79 Å². The molecule has 1 nitrogen and oxygen atoms in total. The highest BCUT2D eigenvalue weighted by Crippen LogP contribution is 2.37. The van der Waals surface area contributed by atoms with E-state index in [9.17, 15) is 4.79 Å². The summed E-state index contributed by atoms with van der Waals surface area (Å²) in [5.74, 6) is 1.01. The third-order valence-electron chi connectivity index (χ3n) is 3.94. The van der Waals surface area contributed by atoms with Crippen LogP contribution in [0.4, 0.5) is 0 Å². The molecule has 0 bridgehead atoms. The Morgan fingerprint density at radius 1 is 1.29 bits per heavy atom. The van der Waals surface area contributed by atoms with E-state index in [0.717, 1.165) is 23.7 Å². The molecule has 0 aromatic heterocycles. The van der Waals surface area contributed by atoms with Crippen molar-refractivity contribution in [2.75, 3.05) is 0 Å². The van der Waals surface area contributed by atoms with Crippen LogP contribution in [-0.2, 0) is 4.79 Å². The van der Waals surface area contributed by atoms with Crippen LogP contribution in [0.3, 0.4) is 0 Å². The molecule has 0 heterocycles. The maximum absolute atomic E-state index is 12.0. The predicted octanol–water partition coefficient (Wildman–Crippen LogP) is 4.62. The molecule has 92 valence electrons. The summed E-state index contributed by atoms with van der Waals surface area (Å²) in [5.41, 5.74) is 2.65. The van der Waals surface area contributed by atoms with Crippen molar-refractivity contribution in [1.29, 1.82) is 0 Å². The number of carbonyl (C=O) groups excluding carboxylic acids is 1. The molecule has 2 unspecified atom stereocenters. The minimum atomic E-state index is 0.172. The molecule has 2 atom stereocenters. The van der Waals surface area contributed by atoms with Crippen LogP contribution in [0.5, 0.6) is 0 Å². The summed E-state index contributed by atoms with van der Waals surface area (Å²) < 4.78 is 1.11. The normalized spacial score (nSPS) is 25.7. The monoisotopic (exact) mass is 294 g/mol. The lowest BCUT2D eigenvalue weighted by molar-refractivity contribution is -0.122. The first-order valence-electron chi connectivity index (χ1n) is 6.38. The van der Waals surface area contributed by atoms with Gasteiger partial charge >= 0.3 is 0 Å². The van der Waals surface area contributed by atoms with Crippen molar-refractivity contribution in [2.45, 2.75) is 45.4 Å². The molecule has 2 heteroatoms. The molecule has 1 aromatic rings. The van der Waals surface area contributed by atoms with Gasteiger partial charge in [-0.2, -0.15) is 0 Å². The van der Waals surface area contributed by atoms with E-state index in [0.29, 0.717) is 11.7 Å². The number of benzene rings is 1. The Morgan fingerprint density at radius 3 is 2.82 bits per heavy atom. The van der Waals surface area contributed by atoms with Crippen molar-refractivity contribution in [3.05, 3.63) is 33.8 Å². The van der Waals surface area contributed by atoms with Crippen LogP contribution >= 0.6 is 15.9 Å². The molecule has 1 aromatic carbocycles. The third kappa shape index (κ3) is 2.79. The second-order valence-electron chi connectivity index (χ2n) is 5.11. The van der Waals surface area contributed by atoms with Gasteiger partial charge in [0.2, 0.25) is 0 Å². The van der Waals surface area contributed by atoms with Gasteiger partial charge in [0.05, 0.1) is 0 Å². The zero-order valence-corrected chi connectivity index (χ0v) is 12.1. The standard InChI is InChI=1S/C15H19BrO/c1-10-7-8-12(16)9-14(10)13-5-3-4-6-15(17)11(13)2/h7-9,11,13H,3-6H2,1-2H3.